The molecule has 1 aliphatic rings. The van der Waals surface area contributed by atoms with Crippen LogP contribution in [0, 0.1) is 0 Å². The van der Waals surface area contributed by atoms with Crippen LogP contribution in [0.1, 0.15) is 19.3 Å². The number of methoxy groups -OCH3 is 1. The van der Waals surface area contributed by atoms with E-state index < -0.39 is 6.09 Å². The van der Waals surface area contributed by atoms with E-state index in [1.165, 1.54) is 0 Å². The third-order valence-corrected chi connectivity index (χ3v) is 2.44. The largest absolute Gasteiger partial charge is 0.465 e. The summed E-state index contributed by atoms with van der Waals surface area (Å²) in [4.78, 5) is 10.4. The molecule has 0 aliphatic heterocycles. The molecule has 0 unspecified atom stereocenters. The third kappa shape index (κ3) is 2.86. The number of nitrogens with two attached hydrogens (primary N) is 1. The van der Waals surface area contributed by atoms with Crippen LogP contribution in [0.2, 0.25) is 0 Å². The zero-order valence-electron chi connectivity index (χ0n) is 7.69. The van der Waals surface area contributed by atoms with Crippen LogP contribution >= 0.6 is 0 Å². The highest BCUT2D eigenvalue weighted by Gasteiger charge is 2.29. The van der Waals surface area contributed by atoms with Crippen LogP contribution < -0.4 is 11.1 Å². The molecule has 4 N–H and O–H groups in total. The fourth-order valence-corrected chi connectivity index (χ4v) is 1.77. The van der Waals surface area contributed by atoms with Gasteiger partial charge in [-0.2, -0.15) is 0 Å². The van der Waals surface area contributed by atoms with E-state index in [9.17, 15) is 4.79 Å². The zero-order valence-corrected chi connectivity index (χ0v) is 7.69. The molecular weight excluding hydrogens is 172 g/mol. The number of hydrogen-bond acceptors (Lipinski definition) is 3. The maximum atomic E-state index is 10.4. The Kier molecular flexibility index (Phi) is 3.50. The predicted octanol–water partition coefficient (Wildman–Crippen LogP) is 0.149. The molecule has 1 saturated carbocycles. The van der Waals surface area contributed by atoms with Crippen molar-refractivity contribution in [3.05, 3.63) is 0 Å². The van der Waals surface area contributed by atoms with E-state index in [0.717, 1.165) is 12.8 Å². The topological polar surface area (TPSA) is 84.6 Å². The lowest BCUT2D eigenvalue weighted by molar-refractivity contribution is 0.0376. The number of hydrogen-bond donors (Lipinski definition) is 3. The summed E-state index contributed by atoms with van der Waals surface area (Å²) in [6.07, 6.45) is 1.33. The SMILES string of the molecule is CO[C@@H]1CC[C@H](N)C[C@H]1NC(=O)O. The van der Waals surface area contributed by atoms with Gasteiger partial charge < -0.3 is 20.9 Å². The summed E-state index contributed by atoms with van der Waals surface area (Å²) in [5.74, 6) is 0. The minimum atomic E-state index is -1.01. The minimum absolute atomic E-state index is 0.0316. The molecule has 0 aromatic carbocycles. The lowest BCUT2D eigenvalue weighted by Gasteiger charge is -2.33. The molecule has 1 aliphatic carbocycles. The molecule has 5 nitrogen and oxygen atoms in total. The Morgan fingerprint density at radius 1 is 1.62 bits per heavy atom. The van der Waals surface area contributed by atoms with Crippen molar-refractivity contribution in [1.29, 1.82) is 0 Å². The van der Waals surface area contributed by atoms with Crippen molar-refractivity contribution in [3.63, 3.8) is 0 Å². The van der Waals surface area contributed by atoms with Gasteiger partial charge in [0.25, 0.3) is 0 Å². The standard InChI is InChI=1S/C8H16N2O3/c1-13-7-3-2-5(9)4-6(7)10-8(11)12/h5-7,10H,2-4,9H2,1H3,(H,11,12)/t5-,6+,7+/m0/s1. The van der Waals surface area contributed by atoms with E-state index in [0.29, 0.717) is 6.42 Å². The lowest BCUT2D eigenvalue weighted by Crippen LogP contribution is -2.50. The number of ether oxygens (including phenoxy) is 1. The summed E-state index contributed by atoms with van der Waals surface area (Å²) in [5.41, 5.74) is 5.73. The second-order valence-corrected chi connectivity index (χ2v) is 3.40. The average Bonchev–Trinajstić information content (AvgIpc) is 2.03. The van der Waals surface area contributed by atoms with Gasteiger partial charge in [-0.15, -0.1) is 0 Å². The van der Waals surface area contributed by atoms with E-state index >= 15 is 0 Å². The minimum Gasteiger partial charge on any atom is -0.465 e. The normalized spacial score (nSPS) is 34.2. The van der Waals surface area contributed by atoms with Crippen LogP contribution in [0.3, 0.4) is 0 Å². The lowest BCUT2D eigenvalue weighted by atomic mass is 9.89. The van der Waals surface area contributed by atoms with Crippen LogP contribution in [0.4, 0.5) is 4.79 Å². The Hall–Kier alpha value is -0.810. The molecule has 5 heteroatoms. The van der Waals surface area contributed by atoms with E-state index in [2.05, 4.69) is 5.32 Å². The molecule has 13 heavy (non-hydrogen) atoms. The molecule has 3 atom stereocenters. The fraction of sp³-hybridized carbons (Fsp3) is 0.875. The number of amides is 1. The summed E-state index contributed by atoms with van der Waals surface area (Å²) in [6, 6.07) is -0.0745. The zero-order chi connectivity index (χ0) is 9.84. The number of nitrogens with one attached hydrogen (secondary N) is 1. The van der Waals surface area contributed by atoms with Crippen LogP contribution in [0.5, 0.6) is 0 Å². The van der Waals surface area contributed by atoms with E-state index in [1.807, 2.05) is 0 Å². The highest BCUT2D eigenvalue weighted by molar-refractivity contribution is 5.65. The van der Waals surface area contributed by atoms with Gasteiger partial charge in [0.15, 0.2) is 0 Å². The second-order valence-electron chi connectivity index (χ2n) is 3.40. The van der Waals surface area contributed by atoms with Gasteiger partial charge in [-0.1, -0.05) is 0 Å². The third-order valence-electron chi connectivity index (χ3n) is 2.44. The van der Waals surface area contributed by atoms with Crippen LogP contribution in [0.25, 0.3) is 0 Å². The Balaban J connectivity index is 2.49. The summed E-state index contributed by atoms with van der Waals surface area (Å²) in [6.45, 7) is 0. The Bertz CT molecular complexity index is 186. The van der Waals surface area contributed by atoms with Gasteiger partial charge in [0, 0.05) is 13.2 Å². The Morgan fingerprint density at radius 2 is 2.31 bits per heavy atom. The van der Waals surface area contributed by atoms with E-state index in [4.69, 9.17) is 15.6 Å². The Morgan fingerprint density at radius 3 is 2.85 bits per heavy atom. The molecule has 0 aromatic heterocycles. The summed E-state index contributed by atoms with van der Waals surface area (Å²) >= 11 is 0. The maximum absolute atomic E-state index is 10.4. The molecule has 0 saturated heterocycles. The molecular formula is C8H16N2O3. The first kappa shape index (κ1) is 10.3. The predicted molar refractivity (Wildman–Crippen MR) is 47.6 cm³/mol. The summed E-state index contributed by atoms with van der Waals surface area (Å²) in [5, 5.41) is 11.0. The molecule has 1 rings (SSSR count). The molecule has 1 amide bonds. The quantitative estimate of drug-likeness (QED) is 0.576. The smallest absolute Gasteiger partial charge is 0.404 e. The molecule has 0 spiro atoms. The maximum Gasteiger partial charge on any atom is 0.404 e. The fourth-order valence-electron chi connectivity index (χ4n) is 1.77. The summed E-state index contributed by atoms with van der Waals surface area (Å²) < 4.78 is 5.17. The van der Waals surface area contributed by atoms with Crippen molar-refractivity contribution < 1.29 is 14.6 Å². The van der Waals surface area contributed by atoms with Gasteiger partial charge in [-0.05, 0) is 19.3 Å². The number of carboxylic acid groups (broad SMARTS) is 1. The van der Waals surface area contributed by atoms with Crippen molar-refractivity contribution >= 4 is 6.09 Å². The molecule has 0 heterocycles. The van der Waals surface area contributed by atoms with Gasteiger partial charge in [0.1, 0.15) is 0 Å². The van der Waals surface area contributed by atoms with Gasteiger partial charge in [-0.25, -0.2) is 4.79 Å². The van der Waals surface area contributed by atoms with Crippen molar-refractivity contribution in [1.82, 2.24) is 5.32 Å². The summed E-state index contributed by atoms with van der Waals surface area (Å²) in [7, 11) is 1.60. The van der Waals surface area contributed by atoms with E-state index in [1.54, 1.807) is 7.11 Å². The van der Waals surface area contributed by atoms with E-state index in [-0.39, 0.29) is 18.2 Å². The highest BCUT2D eigenvalue weighted by atomic mass is 16.5. The molecule has 0 radical (unpaired) electrons. The molecule has 1 fully saturated rings. The van der Waals surface area contributed by atoms with Gasteiger partial charge in [0.2, 0.25) is 0 Å². The van der Waals surface area contributed by atoms with Crippen LogP contribution in [-0.4, -0.2) is 36.5 Å². The number of carbonyl (C=O) groups is 1. The Labute approximate surface area is 77.2 Å². The van der Waals surface area contributed by atoms with Crippen molar-refractivity contribution in [3.8, 4) is 0 Å². The van der Waals surface area contributed by atoms with Crippen molar-refractivity contribution in [2.24, 2.45) is 5.73 Å². The monoisotopic (exact) mass is 188 g/mol. The van der Waals surface area contributed by atoms with Crippen molar-refractivity contribution in [2.45, 2.75) is 37.5 Å². The number of rotatable bonds is 2. The van der Waals surface area contributed by atoms with Crippen molar-refractivity contribution in [2.75, 3.05) is 7.11 Å². The first-order chi connectivity index (χ1) is 6.13. The average molecular weight is 188 g/mol. The first-order valence-electron chi connectivity index (χ1n) is 4.41. The highest BCUT2D eigenvalue weighted by Crippen LogP contribution is 2.19. The van der Waals surface area contributed by atoms with Gasteiger partial charge in [-0.3, -0.25) is 0 Å². The molecule has 0 aromatic rings. The second kappa shape index (κ2) is 4.43. The van der Waals surface area contributed by atoms with Gasteiger partial charge in [0.05, 0.1) is 12.1 Å². The first-order valence-corrected chi connectivity index (χ1v) is 4.41. The van der Waals surface area contributed by atoms with Crippen LogP contribution in [0.15, 0.2) is 0 Å². The molecule has 0 bridgehead atoms. The van der Waals surface area contributed by atoms with Gasteiger partial charge >= 0.3 is 6.09 Å². The molecule has 76 valence electrons. The van der Waals surface area contributed by atoms with Crippen LogP contribution in [-0.2, 0) is 4.74 Å².